The van der Waals surface area contributed by atoms with E-state index in [4.69, 9.17) is 5.73 Å². The molecule has 15 heavy (non-hydrogen) atoms. The van der Waals surface area contributed by atoms with Crippen LogP contribution in [-0.4, -0.2) is 9.97 Å². The van der Waals surface area contributed by atoms with Crippen molar-refractivity contribution in [1.29, 1.82) is 0 Å². The average Bonchev–Trinajstić information content (AvgIpc) is 2.71. The molecule has 0 aliphatic rings. The van der Waals surface area contributed by atoms with E-state index in [2.05, 4.69) is 30.7 Å². The van der Waals surface area contributed by atoms with Crippen LogP contribution in [0.15, 0.2) is 5.38 Å². The predicted octanol–water partition coefficient (Wildman–Crippen LogP) is 2.90. The standard InChI is InChI=1S/C11H15N3S/c1-4-8-6(2)10(13-7(8)3)9-5-15-11(12)14-9/h5,13H,4H2,1-3H3,(H2,12,14). The minimum Gasteiger partial charge on any atom is -0.375 e. The molecule has 0 unspecified atom stereocenters. The first-order chi connectivity index (χ1) is 7.13. The van der Waals surface area contributed by atoms with Gasteiger partial charge in [-0.1, -0.05) is 6.92 Å². The van der Waals surface area contributed by atoms with E-state index in [9.17, 15) is 0 Å². The lowest BCUT2D eigenvalue weighted by atomic mass is 10.1. The molecule has 2 heterocycles. The van der Waals surface area contributed by atoms with Crippen molar-refractivity contribution in [3.63, 3.8) is 0 Å². The zero-order valence-corrected chi connectivity index (χ0v) is 10.0. The lowest BCUT2D eigenvalue weighted by Gasteiger charge is -1.96. The molecule has 0 saturated carbocycles. The lowest BCUT2D eigenvalue weighted by Crippen LogP contribution is -1.85. The van der Waals surface area contributed by atoms with Gasteiger partial charge in [-0.3, -0.25) is 0 Å². The monoisotopic (exact) mass is 221 g/mol. The number of anilines is 1. The van der Waals surface area contributed by atoms with Crippen molar-refractivity contribution in [2.45, 2.75) is 27.2 Å². The number of H-pyrrole nitrogens is 1. The number of nitrogens with one attached hydrogen (secondary N) is 1. The van der Waals surface area contributed by atoms with E-state index in [1.54, 1.807) is 0 Å². The fourth-order valence-electron chi connectivity index (χ4n) is 1.98. The van der Waals surface area contributed by atoms with E-state index in [-0.39, 0.29) is 0 Å². The molecule has 0 radical (unpaired) electrons. The van der Waals surface area contributed by atoms with Gasteiger partial charge in [0.1, 0.15) is 0 Å². The summed E-state index contributed by atoms with van der Waals surface area (Å²) in [6.45, 7) is 6.40. The molecular weight excluding hydrogens is 206 g/mol. The first-order valence-electron chi connectivity index (χ1n) is 5.03. The molecular formula is C11H15N3S. The van der Waals surface area contributed by atoms with E-state index in [1.807, 2.05) is 5.38 Å². The van der Waals surface area contributed by atoms with Gasteiger partial charge in [-0.05, 0) is 31.4 Å². The van der Waals surface area contributed by atoms with Crippen LogP contribution in [-0.2, 0) is 6.42 Å². The molecule has 2 rings (SSSR count). The highest BCUT2D eigenvalue weighted by Gasteiger charge is 2.13. The lowest BCUT2D eigenvalue weighted by molar-refractivity contribution is 1.08. The SMILES string of the molecule is CCc1c(C)[nH]c(-c2csc(N)n2)c1C. The molecule has 0 amide bonds. The molecule has 0 bridgehead atoms. The number of hydrogen-bond donors (Lipinski definition) is 2. The maximum atomic E-state index is 5.64. The number of thiazole rings is 1. The van der Waals surface area contributed by atoms with E-state index in [0.717, 1.165) is 17.8 Å². The van der Waals surface area contributed by atoms with Gasteiger partial charge in [0.15, 0.2) is 5.13 Å². The first kappa shape index (κ1) is 10.2. The Morgan fingerprint density at radius 3 is 2.67 bits per heavy atom. The third-order valence-electron chi connectivity index (χ3n) is 2.72. The second kappa shape index (κ2) is 3.70. The molecule has 0 aliphatic carbocycles. The number of nitrogens with zero attached hydrogens (tertiary/aromatic N) is 1. The zero-order chi connectivity index (χ0) is 11.0. The van der Waals surface area contributed by atoms with E-state index >= 15 is 0 Å². The van der Waals surface area contributed by atoms with E-state index in [0.29, 0.717) is 5.13 Å². The Kier molecular flexibility index (Phi) is 2.52. The van der Waals surface area contributed by atoms with Gasteiger partial charge in [-0.2, -0.15) is 0 Å². The van der Waals surface area contributed by atoms with Gasteiger partial charge in [0.25, 0.3) is 0 Å². The van der Waals surface area contributed by atoms with E-state index in [1.165, 1.54) is 28.2 Å². The van der Waals surface area contributed by atoms with Crippen molar-refractivity contribution >= 4 is 16.5 Å². The Morgan fingerprint density at radius 2 is 2.20 bits per heavy atom. The van der Waals surface area contributed by atoms with Gasteiger partial charge in [-0.15, -0.1) is 11.3 Å². The molecule has 2 aromatic heterocycles. The average molecular weight is 221 g/mol. The maximum absolute atomic E-state index is 5.64. The minimum absolute atomic E-state index is 0.620. The minimum atomic E-state index is 0.620. The fourth-order valence-corrected chi connectivity index (χ4v) is 2.53. The first-order valence-corrected chi connectivity index (χ1v) is 5.90. The summed E-state index contributed by atoms with van der Waals surface area (Å²) in [4.78, 5) is 7.68. The summed E-state index contributed by atoms with van der Waals surface area (Å²) in [7, 11) is 0. The van der Waals surface area contributed by atoms with Crippen molar-refractivity contribution in [1.82, 2.24) is 9.97 Å². The molecule has 3 nitrogen and oxygen atoms in total. The van der Waals surface area contributed by atoms with Crippen molar-refractivity contribution in [3.05, 3.63) is 22.2 Å². The van der Waals surface area contributed by atoms with E-state index < -0.39 is 0 Å². The summed E-state index contributed by atoms with van der Waals surface area (Å²) in [6.07, 6.45) is 1.05. The molecule has 0 atom stereocenters. The van der Waals surface area contributed by atoms with Crippen molar-refractivity contribution in [3.8, 4) is 11.4 Å². The summed E-state index contributed by atoms with van der Waals surface area (Å²) in [6, 6.07) is 0. The number of aromatic nitrogens is 2. The largest absolute Gasteiger partial charge is 0.375 e. The summed E-state index contributed by atoms with van der Waals surface area (Å²) in [5.74, 6) is 0. The van der Waals surface area contributed by atoms with Crippen molar-refractivity contribution < 1.29 is 0 Å². The number of aromatic amines is 1. The smallest absolute Gasteiger partial charge is 0.180 e. The highest BCUT2D eigenvalue weighted by atomic mass is 32.1. The number of hydrogen-bond acceptors (Lipinski definition) is 3. The fraction of sp³-hybridized carbons (Fsp3) is 0.364. The Hall–Kier alpha value is -1.29. The highest BCUT2D eigenvalue weighted by molar-refractivity contribution is 7.13. The molecule has 2 aromatic rings. The Labute approximate surface area is 93.4 Å². The van der Waals surface area contributed by atoms with Crippen LogP contribution in [0.1, 0.15) is 23.7 Å². The van der Waals surface area contributed by atoms with Gasteiger partial charge in [0, 0.05) is 11.1 Å². The summed E-state index contributed by atoms with van der Waals surface area (Å²) in [5.41, 5.74) is 11.6. The van der Waals surface area contributed by atoms with Crippen LogP contribution >= 0.6 is 11.3 Å². The summed E-state index contributed by atoms with van der Waals surface area (Å²) < 4.78 is 0. The zero-order valence-electron chi connectivity index (χ0n) is 9.22. The van der Waals surface area contributed by atoms with Crippen LogP contribution in [0.4, 0.5) is 5.13 Å². The second-order valence-corrected chi connectivity index (χ2v) is 4.54. The van der Waals surface area contributed by atoms with Gasteiger partial charge < -0.3 is 10.7 Å². The molecule has 4 heteroatoms. The van der Waals surface area contributed by atoms with Crippen LogP contribution in [0.5, 0.6) is 0 Å². The maximum Gasteiger partial charge on any atom is 0.180 e. The summed E-state index contributed by atoms with van der Waals surface area (Å²) >= 11 is 1.48. The van der Waals surface area contributed by atoms with Gasteiger partial charge in [-0.25, -0.2) is 4.98 Å². The number of nitrogens with two attached hydrogens (primary N) is 1. The van der Waals surface area contributed by atoms with Gasteiger partial charge in [0.2, 0.25) is 0 Å². The van der Waals surface area contributed by atoms with Crippen molar-refractivity contribution in [2.24, 2.45) is 0 Å². The second-order valence-electron chi connectivity index (χ2n) is 3.65. The third-order valence-corrected chi connectivity index (χ3v) is 3.40. The normalized spacial score (nSPS) is 10.9. The predicted molar refractivity (Wildman–Crippen MR) is 65.2 cm³/mol. The quantitative estimate of drug-likeness (QED) is 0.819. The summed E-state index contributed by atoms with van der Waals surface area (Å²) in [5, 5.41) is 2.61. The van der Waals surface area contributed by atoms with Crippen molar-refractivity contribution in [2.75, 3.05) is 5.73 Å². The van der Waals surface area contributed by atoms with Gasteiger partial charge in [0.05, 0.1) is 11.4 Å². The highest BCUT2D eigenvalue weighted by Crippen LogP contribution is 2.29. The third kappa shape index (κ3) is 1.65. The van der Waals surface area contributed by atoms with Crippen LogP contribution in [0.3, 0.4) is 0 Å². The van der Waals surface area contributed by atoms with Crippen LogP contribution in [0.25, 0.3) is 11.4 Å². The Balaban J connectivity index is 2.54. The Morgan fingerprint density at radius 1 is 1.47 bits per heavy atom. The molecule has 0 aromatic carbocycles. The molecule has 0 spiro atoms. The topological polar surface area (TPSA) is 54.7 Å². The van der Waals surface area contributed by atoms with Gasteiger partial charge >= 0.3 is 0 Å². The molecule has 3 N–H and O–H groups in total. The van der Waals surface area contributed by atoms with Crippen LogP contribution in [0, 0.1) is 13.8 Å². The van der Waals surface area contributed by atoms with Crippen LogP contribution in [0.2, 0.25) is 0 Å². The Bertz CT molecular complexity index is 482. The number of aryl methyl sites for hydroxylation is 1. The molecule has 0 fully saturated rings. The number of rotatable bonds is 2. The number of nitrogen functional groups attached to an aromatic ring is 1. The molecule has 0 aliphatic heterocycles. The molecule has 80 valence electrons. The van der Waals surface area contributed by atoms with Crippen LogP contribution < -0.4 is 5.73 Å². The molecule has 0 saturated heterocycles.